The molecule has 1 nitrogen and oxygen atoms in total. The molecule has 0 aliphatic rings. The zero-order valence-corrected chi connectivity index (χ0v) is 11.6. The summed E-state index contributed by atoms with van der Waals surface area (Å²) in [5.41, 5.74) is 2.86. The van der Waals surface area contributed by atoms with Gasteiger partial charge in [-0.1, -0.05) is 31.6 Å². The Morgan fingerprint density at radius 2 is 1.94 bits per heavy atom. The zero-order chi connectivity index (χ0) is 12.6. The molecule has 0 amide bonds. The quantitative estimate of drug-likeness (QED) is 0.354. The molecular weight excluding hydrogens is 196 g/mol. The summed E-state index contributed by atoms with van der Waals surface area (Å²) in [5.74, 6) is 1.57. The van der Waals surface area contributed by atoms with Gasteiger partial charge in [-0.2, -0.15) is 0 Å². The second-order valence-corrected chi connectivity index (χ2v) is 4.33. The van der Waals surface area contributed by atoms with Crippen molar-refractivity contribution in [3.05, 3.63) is 35.1 Å². The zero-order valence-electron chi connectivity index (χ0n) is 11.6. The minimum Gasteiger partial charge on any atom is -0.501 e. The maximum absolute atomic E-state index is 5.23. The monoisotopic (exact) mass is 222 g/mol. The number of rotatable bonds is 6. The Balaban J connectivity index is 4.84. The molecular formula is C15H26O. The molecule has 92 valence electrons. The lowest BCUT2D eigenvalue weighted by Gasteiger charge is -2.12. The third-order valence-electron chi connectivity index (χ3n) is 2.84. The van der Waals surface area contributed by atoms with Crippen LogP contribution < -0.4 is 0 Å². The second-order valence-electron chi connectivity index (χ2n) is 4.33. The summed E-state index contributed by atoms with van der Waals surface area (Å²) in [5, 5.41) is 0. The summed E-state index contributed by atoms with van der Waals surface area (Å²) >= 11 is 0. The molecule has 0 aliphatic heterocycles. The van der Waals surface area contributed by atoms with Gasteiger partial charge < -0.3 is 4.74 Å². The summed E-state index contributed by atoms with van der Waals surface area (Å²) in [4.78, 5) is 0. The Bertz CT molecular complexity index is 282. The summed E-state index contributed by atoms with van der Waals surface area (Å²) in [6, 6.07) is 0. The van der Waals surface area contributed by atoms with Crippen LogP contribution in [0.2, 0.25) is 0 Å². The SMILES string of the molecule is CC=CC(C)CC(C=C(C)OC)=C(C)CC. The lowest BCUT2D eigenvalue weighted by Crippen LogP contribution is -1.96. The molecule has 0 N–H and O–H groups in total. The van der Waals surface area contributed by atoms with E-state index < -0.39 is 0 Å². The highest BCUT2D eigenvalue weighted by Gasteiger charge is 2.04. The van der Waals surface area contributed by atoms with Crippen LogP contribution in [-0.2, 0) is 4.74 Å². The fraction of sp³-hybridized carbons (Fsp3) is 0.600. The summed E-state index contributed by atoms with van der Waals surface area (Å²) in [6.45, 7) is 10.7. The minimum atomic E-state index is 0.586. The van der Waals surface area contributed by atoms with Crippen molar-refractivity contribution in [3.8, 4) is 0 Å². The van der Waals surface area contributed by atoms with E-state index >= 15 is 0 Å². The van der Waals surface area contributed by atoms with Crippen LogP contribution in [-0.4, -0.2) is 7.11 Å². The van der Waals surface area contributed by atoms with Gasteiger partial charge in [-0.15, -0.1) is 0 Å². The maximum atomic E-state index is 5.23. The minimum absolute atomic E-state index is 0.586. The predicted octanol–water partition coefficient (Wildman–Crippen LogP) is 4.87. The highest BCUT2D eigenvalue weighted by atomic mass is 16.5. The molecule has 0 aromatic rings. The molecule has 1 heteroatoms. The lowest BCUT2D eigenvalue weighted by atomic mass is 9.95. The van der Waals surface area contributed by atoms with Crippen LogP contribution in [0.4, 0.5) is 0 Å². The molecule has 0 aliphatic carbocycles. The third kappa shape index (κ3) is 5.79. The van der Waals surface area contributed by atoms with Gasteiger partial charge >= 0.3 is 0 Å². The molecule has 0 rings (SSSR count). The first kappa shape index (κ1) is 15.0. The van der Waals surface area contributed by atoms with E-state index in [0.717, 1.165) is 18.6 Å². The van der Waals surface area contributed by atoms with Crippen LogP contribution in [0.15, 0.2) is 35.1 Å². The molecule has 0 spiro atoms. The number of methoxy groups -OCH3 is 1. The van der Waals surface area contributed by atoms with E-state index in [2.05, 4.69) is 45.9 Å². The largest absolute Gasteiger partial charge is 0.501 e. The van der Waals surface area contributed by atoms with E-state index in [1.54, 1.807) is 7.11 Å². The molecule has 1 unspecified atom stereocenters. The van der Waals surface area contributed by atoms with Crippen LogP contribution in [0.5, 0.6) is 0 Å². The van der Waals surface area contributed by atoms with Crippen molar-refractivity contribution >= 4 is 0 Å². The summed E-state index contributed by atoms with van der Waals surface area (Å²) in [7, 11) is 1.72. The topological polar surface area (TPSA) is 9.23 Å². The van der Waals surface area contributed by atoms with Gasteiger partial charge in [-0.05, 0) is 51.2 Å². The summed E-state index contributed by atoms with van der Waals surface area (Å²) in [6.07, 6.45) is 8.73. The Kier molecular flexibility index (Phi) is 7.70. The lowest BCUT2D eigenvalue weighted by molar-refractivity contribution is 0.293. The van der Waals surface area contributed by atoms with Crippen LogP contribution in [0.25, 0.3) is 0 Å². The average molecular weight is 222 g/mol. The van der Waals surface area contributed by atoms with Crippen LogP contribution in [0.1, 0.15) is 47.5 Å². The fourth-order valence-corrected chi connectivity index (χ4v) is 1.63. The first-order valence-corrected chi connectivity index (χ1v) is 6.08. The second kappa shape index (κ2) is 8.20. The van der Waals surface area contributed by atoms with Gasteiger partial charge in [0, 0.05) is 0 Å². The number of allylic oxidation sites excluding steroid dienone is 6. The molecule has 1 atom stereocenters. The molecule has 0 aromatic heterocycles. The fourth-order valence-electron chi connectivity index (χ4n) is 1.63. The van der Waals surface area contributed by atoms with Crippen molar-refractivity contribution in [1.29, 1.82) is 0 Å². The standard InChI is InChI=1S/C15H26O/c1-7-9-12(3)10-15(13(4)8-2)11-14(5)16-6/h7,9,11-12H,8,10H2,1-6H3. The van der Waals surface area contributed by atoms with Gasteiger partial charge in [0.2, 0.25) is 0 Å². The molecule has 0 fully saturated rings. The number of hydrogen-bond acceptors (Lipinski definition) is 1. The van der Waals surface area contributed by atoms with E-state index in [1.807, 2.05) is 6.92 Å². The van der Waals surface area contributed by atoms with E-state index in [0.29, 0.717) is 5.92 Å². The smallest absolute Gasteiger partial charge is 0.0927 e. The molecule has 0 bridgehead atoms. The van der Waals surface area contributed by atoms with E-state index in [4.69, 9.17) is 4.74 Å². The van der Waals surface area contributed by atoms with Gasteiger partial charge in [-0.25, -0.2) is 0 Å². The Hall–Kier alpha value is -0.980. The normalized spacial score (nSPS) is 16.2. The van der Waals surface area contributed by atoms with Crippen molar-refractivity contribution in [2.24, 2.45) is 5.92 Å². The molecule has 0 radical (unpaired) electrons. The molecule has 0 saturated heterocycles. The Morgan fingerprint density at radius 3 is 2.38 bits per heavy atom. The van der Waals surface area contributed by atoms with Crippen molar-refractivity contribution in [2.75, 3.05) is 7.11 Å². The van der Waals surface area contributed by atoms with Crippen LogP contribution in [0.3, 0.4) is 0 Å². The molecule has 0 aromatic carbocycles. The third-order valence-corrected chi connectivity index (χ3v) is 2.84. The highest BCUT2D eigenvalue weighted by Crippen LogP contribution is 2.21. The van der Waals surface area contributed by atoms with Gasteiger partial charge in [0.05, 0.1) is 12.9 Å². The molecule has 0 saturated carbocycles. The van der Waals surface area contributed by atoms with Crippen LogP contribution in [0, 0.1) is 5.92 Å². The Labute approximate surface area is 101 Å². The first-order chi connectivity index (χ1) is 7.54. The van der Waals surface area contributed by atoms with Crippen LogP contribution >= 0.6 is 0 Å². The van der Waals surface area contributed by atoms with Gasteiger partial charge in [0.25, 0.3) is 0 Å². The van der Waals surface area contributed by atoms with Crippen molar-refractivity contribution in [3.63, 3.8) is 0 Å². The molecule has 0 heterocycles. The number of hydrogen-bond donors (Lipinski definition) is 0. The van der Waals surface area contributed by atoms with E-state index in [9.17, 15) is 0 Å². The van der Waals surface area contributed by atoms with Gasteiger partial charge in [-0.3, -0.25) is 0 Å². The first-order valence-electron chi connectivity index (χ1n) is 6.08. The van der Waals surface area contributed by atoms with Gasteiger partial charge in [0.1, 0.15) is 0 Å². The van der Waals surface area contributed by atoms with E-state index in [1.165, 1.54) is 11.1 Å². The maximum Gasteiger partial charge on any atom is 0.0927 e. The highest BCUT2D eigenvalue weighted by molar-refractivity contribution is 5.27. The Morgan fingerprint density at radius 1 is 1.31 bits per heavy atom. The van der Waals surface area contributed by atoms with Crippen molar-refractivity contribution in [2.45, 2.75) is 47.5 Å². The van der Waals surface area contributed by atoms with Crippen molar-refractivity contribution < 1.29 is 4.74 Å². The number of ether oxygens (including phenoxy) is 1. The summed E-state index contributed by atoms with van der Waals surface area (Å²) < 4.78 is 5.23. The predicted molar refractivity (Wildman–Crippen MR) is 72.4 cm³/mol. The van der Waals surface area contributed by atoms with E-state index in [-0.39, 0.29) is 0 Å². The van der Waals surface area contributed by atoms with Crippen molar-refractivity contribution in [1.82, 2.24) is 0 Å². The average Bonchev–Trinajstić information content (AvgIpc) is 2.27. The molecule has 16 heavy (non-hydrogen) atoms. The van der Waals surface area contributed by atoms with Gasteiger partial charge in [0.15, 0.2) is 0 Å².